The van der Waals surface area contributed by atoms with Crippen LogP contribution in [0.4, 0.5) is 0 Å². The molecule has 106 valence electrons. The summed E-state index contributed by atoms with van der Waals surface area (Å²) in [6, 6.07) is 14.9. The summed E-state index contributed by atoms with van der Waals surface area (Å²) in [7, 11) is 0. The van der Waals surface area contributed by atoms with Gasteiger partial charge >= 0.3 is 0 Å². The first-order chi connectivity index (χ1) is 9.58. The molecule has 0 bridgehead atoms. The lowest BCUT2D eigenvalue weighted by Gasteiger charge is -2.41. The summed E-state index contributed by atoms with van der Waals surface area (Å²) >= 11 is 0. The summed E-state index contributed by atoms with van der Waals surface area (Å²) in [6.45, 7) is 4.47. The fraction of sp³-hybridized carbons (Fsp3) is 0.474. The maximum absolute atomic E-state index is 11.1. The molecule has 1 aliphatic rings. The first-order valence-corrected chi connectivity index (χ1v) is 7.77. The van der Waals surface area contributed by atoms with Crippen molar-refractivity contribution in [3.8, 4) is 0 Å². The molecule has 1 nitrogen and oxygen atoms in total. The van der Waals surface area contributed by atoms with Crippen LogP contribution in [0.1, 0.15) is 38.7 Å². The Balaban J connectivity index is 1.96. The molecule has 1 heteroatoms. The molecule has 0 aromatic heterocycles. The van der Waals surface area contributed by atoms with Gasteiger partial charge in [-0.3, -0.25) is 0 Å². The van der Waals surface area contributed by atoms with Gasteiger partial charge in [-0.25, -0.2) is 0 Å². The lowest BCUT2D eigenvalue weighted by Crippen LogP contribution is -2.43. The van der Waals surface area contributed by atoms with Crippen molar-refractivity contribution in [3.63, 3.8) is 0 Å². The Hall–Kier alpha value is -1.34. The van der Waals surface area contributed by atoms with Gasteiger partial charge in [-0.05, 0) is 41.0 Å². The molecule has 0 heterocycles. The van der Waals surface area contributed by atoms with E-state index in [9.17, 15) is 5.11 Å². The minimum atomic E-state index is -0.540. The third-order valence-corrected chi connectivity index (χ3v) is 5.09. The Bertz CT molecular complexity index is 598. The minimum Gasteiger partial charge on any atom is -0.389 e. The van der Waals surface area contributed by atoms with E-state index in [4.69, 9.17) is 0 Å². The first kappa shape index (κ1) is 13.6. The highest BCUT2D eigenvalue weighted by molar-refractivity contribution is 5.85. The van der Waals surface area contributed by atoms with Gasteiger partial charge in [0.15, 0.2) is 0 Å². The van der Waals surface area contributed by atoms with Gasteiger partial charge in [-0.1, -0.05) is 62.7 Å². The van der Waals surface area contributed by atoms with E-state index in [0.29, 0.717) is 11.8 Å². The van der Waals surface area contributed by atoms with Gasteiger partial charge in [-0.2, -0.15) is 0 Å². The third kappa shape index (κ3) is 2.47. The van der Waals surface area contributed by atoms with E-state index in [2.05, 4.69) is 56.3 Å². The van der Waals surface area contributed by atoms with Crippen molar-refractivity contribution in [2.45, 2.75) is 45.1 Å². The van der Waals surface area contributed by atoms with E-state index in [0.717, 1.165) is 19.3 Å². The molecule has 3 rings (SSSR count). The molecule has 0 amide bonds. The molecular weight excluding hydrogens is 244 g/mol. The first-order valence-electron chi connectivity index (χ1n) is 7.77. The number of rotatable bonds is 2. The molecule has 1 aliphatic carbocycles. The largest absolute Gasteiger partial charge is 0.389 e. The summed E-state index contributed by atoms with van der Waals surface area (Å²) in [6.07, 6.45) is 4.10. The van der Waals surface area contributed by atoms with Crippen molar-refractivity contribution in [2.75, 3.05) is 0 Å². The standard InChI is InChI=1S/C19H24O/c1-14-10-11-15(2)19(20,12-14)13-17-8-5-7-16-6-3-4-9-18(16)17/h3-9,14-15,20H,10-13H2,1-2H3. The van der Waals surface area contributed by atoms with Crippen molar-refractivity contribution in [3.05, 3.63) is 48.0 Å². The fourth-order valence-electron chi connectivity index (χ4n) is 3.73. The average Bonchev–Trinajstić information content (AvgIpc) is 2.44. The van der Waals surface area contributed by atoms with Crippen LogP contribution in [0, 0.1) is 11.8 Å². The SMILES string of the molecule is CC1CCC(C)C(O)(Cc2cccc3ccccc23)C1. The second-order valence-electron chi connectivity index (χ2n) is 6.71. The Morgan fingerprint density at radius 2 is 1.80 bits per heavy atom. The highest BCUT2D eigenvalue weighted by Crippen LogP contribution is 2.39. The van der Waals surface area contributed by atoms with Crippen LogP contribution in [0.15, 0.2) is 42.5 Å². The van der Waals surface area contributed by atoms with Gasteiger partial charge in [0.1, 0.15) is 0 Å². The van der Waals surface area contributed by atoms with Crippen molar-refractivity contribution >= 4 is 10.8 Å². The smallest absolute Gasteiger partial charge is 0.0716 e. The van der Waals surface area contributed by atoms with Crippen LogP contribution >= 0.6 is 0 Å². The zero-order valence-electron chi connectivity index (χ0n) is 12.5. The second-order valence-corrected chi connectivity index (χ2v) is 6.71. The quantitative estimate of drug-likeness (QED) is 0.846. The lowest BCUT2D eigenvalue weighted by molar-refractivity contribution is -0.0557. The van der Waals surface area contributed by atoms with Gasteiger partial charge in [0.05, 0.1) is 5.60 Å². The van der Waals surface area contributed by atoms with Crippen LogP contribution in [0.25, 0.3) is 10.8 Å². The van der Waals surface area contributed by atoms with Crippen LogP contribution in [0.2, 0.25) is 0 Å². The summed E-state index contributed by atoms with van der Waals surface area (Å²) < 4.78 is 0. The number of hydrogen-bond donors (Lipinski definition) is 1. The van der Waals surface area contributed by atoms with Gasteiger partial charge in [0.25, 0.3) is 0 Å². The summed E-state index contributed by atoms with van der Waals surface area (Å²) in [5, 5.41) is 13.7. The monoisotopic (exact) mass is 268 g/mol. The normalized spacial score (nSPS) is 30.6. The van der Waals surface area contributed by atoms with Crippen LogP contribution in [0.3, 0.4) is 0 Å². The molecule has 1 N–H and O–H groups in total. The molecule has 2 aromatic carbocycles. The van der Waals surface area contributed by atoms with Gasteiger partial charge in [-0.15, -0.1) is 0 Å². The highest BCUT2D eigenvalue weighted by atomic mass is 16.3. The third-order valence-electron chi connectivity index (χ3n) is 5.09. The molecule has 2 aromatic rings. The van der Waals surface area contributed by atoms with Gasteiger partial charge in [0, 0.05) is 6.42 Å². The lowest BCUT2D eigenvalue weighted by atomic mass is 9.69. The molecule has 0 radical (unpaired) electrons. The molecule has 0 saturated heterocycles. The summed E-state index contributed by atoms with van der Waals surface area (Å²) in [4.78, 5) is 0. The van der Waals surface area contributed by atoms with E-state index >= 15 is 0 Å². The van der Waals surface area contributed by atoms with E-state index in [-0.39, 0.29) is 0 Å². The van der Waals surface area contributed by atoms with Crippen molar-refractivity contribution in [2.24, 2.45) is 11.8 Å². The molecule has 20 heavy (non-hydrogen) atoms. The highest BCUT2D eigenvalue weighted by Gasteiger charge is 2.38. The van der Waals surface area contributed by atoms with Crippen LogP contribution in [0.5, 0.6) is 0 Å². The Morgan fingerprint density at radius 3 is 2.65 bits per heavy atom. The Morgan fingerprint density at radius 1 is 1.05 bits per heavy atom. The fourth-order valence-corrected chi connectivity index (χ4v) is 3.73. The molecule has 1 fully saturated rings. The van der Waals surface area contributed by atoms with Crippen molar-refractivity contribution < 1.29 is 5.11 Å². The molecule has 1 saturated carbocycles. The molecular formula is C19H24O. The number of hydrogen-bond acceptors (Lipinski definition) is 1. The molecule has 3 atom stereocenters. The predicted octanol–water partition coefficient (Wildman–Crippen LogP) is 4.57. The number of benzene rings is 2. The Labute approximate surface area is 121 Å². The number of aliphatic hydroxyl groups is 1. The summed E-state index contributed by atoms with van der Waals surface area (Å²) in [5.41, 5.74) is 0.744. The van der Waals surface area contributed by atoms with E-state index in [1.54, 1.807) is 0 Å². The number of fused-ring (bicyclic) bond motifs is 1. The zero-order chi connectivity index (χ0) is 14.2. The van der Waals surface area contributed by atoms with E-state index in [1.807, 2.05) is 0 Å². The van der Waals surface area contributed by atoms with E-state index in [1.165, 1.54) is 22.8 Å². The molecule has 0 spiro atoms. The molecule has 3 unspecified atom stereocenters. The maximum atomic E-state index is 11.1. The van der Waals surface area contributed by atoms with Crippen LogP contribution in [-0.4, -0.2) is 10.7 Å². The predicted molar refractivity (Wildman–Crippen MR) is 84.8 cm³/mol. The second kappa shape index (κ2) is 5.21. The average molecular weight is 268 g/mol. The topological polar surface area (TPSA) is 20.2 Å². The maximum Gasteiger partial charge on any atom is 0.0716 e. The zero-order valence-corrected chi connectivity index (χ0v) is 12.5. The minimum absolute atomic E-state index is 0.387. The van der Waals surface area contributed by atoms with Crippen LogP contribution < -0.4 is 0 Å². The summed E-state index contributed by atoms with van der Waals surface area (Å²) in [5.74, 6) is 1.02. The van der Waals surface area contributed by atoms with Crippen molar-refractivity contribution in [1.29, 1.82) is 0 Å². The van der Waals surface area contributed by atoms with Gasteiger partial charge in [0.2, 0.25) is 0 Å². The Kier molecular flexibility index (Phi) is 3.55. The van der Waals surface area contributed by atoms with E-state index < -0.39 is 5.60 Å². The molecule has 0 aliphatic heterocycles. The van der Waals surface area contributed by atoms with Crippen LogP contribution in [-0.2, 0) is 6.42 Å². The van der Waals surface area contributed by atoms with Crippen molar-refractivity contribution in [1.82, 2.24) is 0 Å². The van der Waals surface area contributed by atoms with Gasteiger partial charge < -0.3 is 5.11 Å².